The van der Waals surface area contributed by atoms with Crippen LogP contribution in [0.5, 0.6) is 11.5 Å². The van der Waals surface area contributed by atoms with Crippen LogP contribution in [-0.2, 0) is 0 Å². The molecule has 0 unspecified atom stereocenters. The summed E-state index contributed by atoms with van der Waals surface area (Å²) < 4.78 is 10.7. The average Bonchev–Trinajstić information content (AvgIpc) is 2.55. The van der Waals surface area contributed by atoms with Gasteiger partial charge >= 0.3 is 0 Å². The molecule has 0 radical (unpaired) electrons. The van der Waals surface area contributed by atoms with Gasteiger partial charge in [0.15, 0.2) is 5.78 Å². The topological polar surface area (TPSA) is 35.5 Å². The Balaban J connectivity index is 1.96. The molecule has 1 aliphatic carbocycles. The number of carbonyl (C=O) groups excluding carboxylic acids is 1. The van der Waals surface area contributed by atoms with Crippen LogP contribution in [0.25, 0.3) is 0 Å². The van der Waals surface area contributed by atoms with Gasteiger partial charge in [0.25, 0.3) is 0 Å². The Morgan fingerprint density at radius 3 is 2.41 bits per heavy atom. The lowest BCUT2D eigenvalue weighted by atomic mass is 9.85. The first-order valence-electron chi connectivity index (χ1n) is 8.41. The molecule has 0 bridgehead atoms. The molecule has 122 valence electrons. The summed E-state index contributed by atoms with van der Waals surface area (Å²) >= 11 is 0. The van der Waals surface area contributed by atoms with E-state index in [1.54, 1.807) is 14.2 Å². The molecular weight excluding hydrogens is 276 g/mol. The van der Waals surface area contributed by atoms with Gasteiger partial charge in [-0.1, -0.05) is 38.5 Å². The summed E-state index contributed by atoms with van der Waals surface area (Å²) in [7, 11) is 3.24. The molecule has 0 aromatic heterocycles. The molecule has 1 saturated carbocycles. The van der Waals surface area contributed by atoms with Crippen molar-refractivity contribution in [3.8, 4) is 11.5 Å². The van der Waals surface area contributed by atoms with E-state index in [-0.39, 0.29) is 5.78 Å². The summed E-state index contributed by atoms with van der Waals surface area (Å²) in [4.78, 5) is 12.5. The molecule has 2 rings (SSSR count). The molecule has 0 aliphatic heterocycles. The van der Waals surface area contributed by atoms with E-state index in [1.165, 1.54) is 38.5 Å². The molecule has 1 fully saturated rings. The second kappa shape index (κ2) is 8.21. The summed E-state index contributed by atoms with van der Waals surface area (Å²) in [6, 6.07) is 3.70. The molecule has 3 heteroatoms. The van der Waals surface area contributed by atoms with Crippen molar-refractivity contribution in [1.29, 1.82) is 0 Å². The van der Waals surface area contributed by atoms with Gasteiger partial charge in [-0.15, -0.1) is 0 Å². The zero-order valence-corrected chi connectivity index (χ0v) is 14.1. The third-order valence-corrected chi connectivity index (χ3v) is 4.76. The van der Waals surface area contributed by atoms with Gasteiger partial charge < -0.3 is 9.47 Å². The number of benzene rings is 1. The zero-order chi connectivity index (χ0) is 15.9. The molecule has 0 amide bonds. The summed E-state index contributed by atoms with van der Waals surface area (Å²) in [6.07, 6.45) is 9.55. The summed E-state index contributed by atoms with van der Waals surface area (Å²) in [5.41, 5.74) is 1.63. The first kappa shape index (κ1) is 16.9. The Kier molecular flexibility index (Phi) is 6.29. The van der Waals surface area contributed by atoms with Gasteiger partial charge in [0.2, 0.25) is 0 Å². The Hall–Kier alpha value is -1.51. The quantitative estimate of drug-likeness (QED) is 0.669. The maximum absolute atomic E-state index is 12.5. The minimum absolute atomic E-state index is 0.158. The van der Waals surface area contributed by atoms with Crippen LogP contribution in [-0.4, -0.2) is 20.0 Å². The number of aryl methyl sites for hydroxylation is 1. The lowest BCUT2D eigenvalue weighted by Crippen LogP contribution is -2.08. The summed E-state index contributed by atoms with van der Waals surface area (Å²) in [6.45, 7) is 1.96. The fourth-order valence-electron chi connectivity index (χ4n) is 3.43. The molecule has 0 N–H and O–H groups in total. The van der Waals surface area contributed by atoms with Crippen molar-refractivity contribution in [2.24, 2.45) is 5.92 Å². The van der Waals surface area contributed by atoms with Crippen molar-refractivity contribution in [3.05, 3.63) is 23.3 Å². The van der Waals surface area contributed by atoms with Crippen molar-refractivity contribution >= 4 is 5.78 Å². The number of carbonyl (C=O) groups is 1. The fourth-order valence-corrected chi connectivity index (χ4v) is 3.43. The summed E-state index contributed by atoms with van der Waals surface area (Å²) in [5.74, 6) is 2.39. The number of ether oxygens (including phenoxy) is 2. The molecule has 0 saturated heterocycles. The predicted molar refractivity (Wildman–Crippen MR) is 89.0 cm³/mol. The van der Waals surface area contributed by atoms with Crippen LogP contribution in [0.3, 0.4) is 0 Å². The zero-order valence-electron chi connectivity index (χ0n) is 14.1. The van der Waals surface area contributed by atoms with Gasteiger partial charge in [0.1, 0.15) is 11.5 Å². The second-order valence-corrected chi connectivity index (χ2v) is 6.34. The summed E-state index contributed by atoms with van der Waals surface area (Å²) in [5, 5.41) is 0. The van der Waals surface area contributed by atoms with Crippen molar-refractivity contribution in [2.45, 2.75) is 58.3 Å². The van der Waals surface area contributed by atoms with Crippen LogP contribution >= 0.6 is 0 Å². The minimum Gasteiger partial charge on any atom is -0.496 e. The van der Waals surface area contributed by atoms with Crippen molar-refractivity contribution in [3.63, 3.8) is 0 Å². The SMILES string of the molecule is COc1cc(C(=O)CCCC2CCCCC2)c(OC)cc1C. The second-order valence-electron chi connectivity index (χ2n) is 6.34. The lowest BCUT2D eigenvalue weighted by Gasteiger charge is -2.21. The molecule has 0 atom stereocenters. The van der Waals surface area contributed by atoms with Crippen LogP contribution in [0.4, 0.5) is 0 Å². The number of hydrogen-bond donors (Lipinski definition) is 0. The number of Topliss-reactive ketones (excluding diaryl/α,β-unsaturated/α-hetero) is 1. The van der Waals surface area contributed by atoms with Crippen LogP contribution in [0, 0.1) is 12.8 Å². The highest BCUT2D eigenvalue weighted by atomic mass is 16.5. The molecule has 22 heavy (non-hydrogen) atoms. The normalized spacial score (nSPS) is 15.6. The van der Waals surface area contributed by atoms with Gasteiger partial charge in [0, 0.05) is 6.42 Å². The molecular formula is C19H28O3. The highest BCUT2D eigenvalue weighted by molar-refractivity contribution is 5.99. The molecule has 3 nitrogen and oxygen atoms in total. The molecule has 0 heterocycles. The third-order valence-electron chi connectivity index (χ3n) is 4.76. The van der Waals surface area contributed by atoms with E-state index >= 15 is 0 Å². The van der Waals surface area contributed by atoms with Crippen LogP contribution in [0.2, 0.25) is 0 Å². The van der Waals surface area contributed by atoms with Gasteiger partial charge in [-0.25, -0.2) is 0 Å². The molecule has 1 aromatic carbocycles. The van der Waals surface area contributed by atoms with E-state index in [1.807, 2.05) is 19.1 Å². The lowest BCUT2D eigenvalue weighted by molar-refractivity contribution is 0.0973. The average molecular weight is 304 g/mol. The minimum atomic E-state index is 0.158. The monoisotopic (exact) mass is 304 g/mol. The number of rotatable bonds is 7. The first-order valence-corrected chi connectivity index (χ1v) is 8.41. The van der Waals surface area contributed by atoms with Crippen LogP contribution < -0.4 is 9.47 Å². The Morgan fingerprint density at radius 1 is 1.09 bits per heavy atom. The van der Waals surface area contributed by atoms with Crippen LogP contribution in [0.1, 0.15) is 67.3 Å². The predicted octanol–water partition coefficient (Wildman–Crippen LogP) is 4.95. The van der Waals surface area contributed by atoms with Gasteiger partial charge in [-0.2, -0.15) is 0 Å². The number of methoxy groups -OCH3 is 2. The molecule has 1 aromatic rings. The molecule has 1 aliphatic rings. The highest BCUT2D eigenvalue weighted by Crippen LogP contribution is 2.31. The molecule has 0 spiro atoms. The van der Waals surface area contributed by atoms with E-state index < -0.39 is 0 Å². The maximum Gasteiger partial charge on any atom is 0.166 e. The van der Waals surface area contributed by atoms with Crippen molar-refractivity contribution < 1.29 is 14.3 Å². The number of ketones is 1. The standard InChI is InChI=1S/C19H28O3/c1-14-12-19(22-3)16(13-18(14)21-2)17(20)11-7-10-15-8-5-4-6-9-15/h12-13,15H,4-11H2,1-3H3. The van der Waals surface area contributed by atoms with Gasteiger partial charge in [-0.05, 0) is 37.0 Å². The van der Waals surface area contributed by atoms with Crippen molar-refractivity contribution in [2.75, 3.05) is 14.2 Å². The van der Waals surface area contributed by atoms with E-state index in [2.05, 4.69) is 0 Å². The first-order chi connectivity index (χ1) is 10.7. The fraction of sp³-hybridized carbons (Fsp3) is 0.632. The van der Waals surface area contributed by atoms with E-state index in [4.69, 9.17) is 9.47 Å². The largest absolute Gasteiger partial charge is 0.496 e. The van der Waals surface area contributed by atoms with E-state index in [9.17, 15) is 4.79 Å². The Bertz CT molecular complexity index is 502. The van der Waals surface area contributed by atoms with E-state index in [0.717, 1.165) is 23.7 Å². The van der Waals surface area contributed by atoms with Gasteiger partial charge in [0.05, 0.1) is 19.8 Å². The smallest absolute Gasteiger partial charge is 0.166 e. The Morgan fingerprint density at radius 2 is 1.77 bits per heavy atom. The number of hydrogen-bond acceptors (Lipinski definition) is 3. The maximum atomic E-state index is 12.5. The van der Waals surface area contributed by atoms with E-state index in [0.29, 0.717) is 17.7 Å². The van der Waals surface area contributed by atoms with Crippen LogP contribution in [0.15, 0.2) is 12.1 Å². The Labute approximate surface area is 134 Å². The highest BCUT2D eigenvalue weighted by Gasteiger charge is 2.17. The van der Waals surface area contributed by atoms with Gasteiger partial charge in [-0.3, -0.25) is 4.79 Å². The van der Waals surface area contributed by atoms with Crippen molar-refractivity contribution in [1.82, 2.24) is 0 Å². The third kappa shape index (κ3) is 4.25.